The Hall–Kier alpha value is -1.76. The van der Waals surface area contributed by atoms with Gasteiger partial charge in [-0.2, -0.15) is 13.2 Å². The molecule has 114 valence electrons. The first-order valence-electron chi connectivity index (χ1n) is 6.55. The number of halogens is 3. The number of likely N-dealkylation sites (N-methyl/N-ethyl adjacent to an activating group) is 1. The monoisotopic (exact) mass is 299 g/mol. The third-order valence-electron chi connectivity index (χ3n) is 3.47. The Morgan fingerprint density at radius 3 is 2.43 bits per heavy atom. The summed E-state index contributed by atoms with van der Waals surface area (Å²) in [5.41, 5.74) is 8.14. The Bertz CT molecular complexity index is 543. The van der Waals surface area contributed by atoms with Crippen LogP contribution in [0.25, 0.3) is 10.4 Å². The Labute approximate surface area is 120 Å². The SMILES string of the molecule is CN1CCN(Cc2cc(N=[N+]=[N-])cc(C(F)(F)F)c2)CC1. The van der Waals surface area contributed by atoms with E-state index >= 15 is 0 Å². The van der Waals surface area contributed by atoms with Gasteiger partial charge in [0.15, 0.2) is 0 Å². The van der Waals surface area contributed by atoms with Crippen molar-refractivity contribution in [3.8, 4) is 0 Å². The second-order valence-electron chi connectivity index (χ2n) is 5.15. The van der Waals surface area contributed by atoms with E-state index in [9.17, 15) is 13.2 Å². The van der Waals surface area contributed by atoms with Crippen molar-refractivity contribution in [2.24, 2.45) is 5.11 Å². The average molecular weight is 299 g/mol. The molecule has 0 aliphatic carbocycles. The topological polar surface area (TPSA) is 55.2 Å². The lowest BCUT2D eigenvalue weighted by Crippen LogP contribution is -2.43. The van der Waals surface area contributed by atoms with Crippen LogP contribution in [0.1, 0.15) is 11.1 Å². The minimum atomic E-state index is -4.45. The zero-order chi connectivity index (χ0) is 15.5. The molecule has 2 rings (SSSR count). The van der Waals surface area contributed by atoms with Gasteiger partial charge in [-0.15, -0.1) is 0 Å². The highest BCUT2D eigenvalue weighted by molar-refractivity contribution is 5.45. The molecule has 0 atom stereocenters. The van der Waals surface area contributed by atoms with E-state index in [2.05, 4.69) is 19.8 Å². The van der Waals surface area contributed by atoms with Crippen molar-refractivity contribution in [1.82, 2.24) is 9.80 Å². The predicted molar refractivity (Wildman–Crippen MR) is 73.0 cm³/mol. The smallest absolute Gasteiger partial charge is 0.304 e. The van der Waals surface area contributed by atoms with Crippen LogP contribution in [0.15, 0.2) is 23.3 Å². The Morgan fingerprint density at radius 2 is 1.86 bits per heavy atom. The van der Waals surface area contributed by atoms with Gasteiger partial charge in [-0.3, -0.25) is 4.90 Å². The van der Waals surface area contributed by atoms with Crippen molar-refractivity contribution >= 4 is 5.69 Å². The highest BCUT2D eigenvalue weighted by atomic mass is 19.4. The predicted octanol–water partition coefficient (Wildman–Crippen LogP) is 3.39. The second kappa shape index (κ2) is 6.34. The quantitative estimate of drug-likeness (QED) is 0.488. The molecule has 0 amide bonds. The van der Waals surface area contributed by atoms with Gasteiger partial charge < -0.3 is 4.90 Å². The van der Waals surface area contributed by atoms with E-state index in [0.717, 1.165) is 38.3 Å². The van der Waals surface area contributed by atoms with Gasteiger partial charge in [0.25, 0.3) is 0 Å². The molecule has 0 aromatic heterocycles. The molecule has 0 bridgehead atoms. The molecule has 1 fully saturated rings. The summed E-state index contributed by atoms with van der Waals surface area (Å²) >= 11 is 0. The molecular weight excluding hydrogens is 283 g/mol. The number of hydrogen-bond acceptors (Lipinski definition) is 3. The summed E-state index contributed by atoms with van der Waals surface area (Å²) in [6.45, 7) is 3.82. The van der Waals surface area contributed by atoms with Crippen LogP contribution in [0.5, 0.6) is 0 Å². The lowest BCUT2D eigenvalue weighted by Gasteiger charge is -2.32. The van der Waals surface area contributed by atoms with Crippen LogP contribution in [0.2, 0.25) is 0 Å². The van der Waals surface area contributed by atoms with E-state index in [1.165, 1.54) is 6.07 Å². The van der Waals surface area contributed by atoms with E-state index in [1.807, 2.05) is 7.05 Å². The van der Waals surface area contributed by atoms with Crippen LogP contribution in [-0.4, -0.2) is 43.0 Å². The molecule has 1 aliphatic heterocycles. The second-order valence-corrected chi connectivity index (χ2v) is 5.15. The normalized spacial score (nSPS) is 17.5. The van der Waals surface area contributed by atoms with Crippen molar-refractivity contribution in [2.45, 2.75) is 12.7 Å². The van der Waals surface area contributed by atoms with Gasteiger partial charge in [0.05, 0.1) is 5.56 Å². The zero-order valence-corrected chi connectivity index (χ0v) is 11.6. The first-order chi connectivity index (χ1) is 9.88. The maximum Gasteiger partial charge on any atom is 0.416 e. The minimum absolute atomic E-state index is 0.00328. The maximum absolute atomic E-state index is 12.9. The van der Waals surface area contributed by atoms with Crippen molar-refractivity contribution < 1.29 is 13.2 Å². The molecule has 1 aromatic carbocycles. The van der Waals surface area contributed by atoms with E-state index in [1.54, 1.807) is 0 Å². The van der Waals surface area contributed by atoms with Gasteiger partial charge in [-0.1, -0.05) is 5.11 Å². The van der Waals surface area contributed by atoms with Crippen LogP contribution in [0.3, 0.4) is 0 Å². The summed E-state index contributed by atoms with van der Waals surface area (Å²) < 4.78 is 38.6. The fraction of sp³-hybridized carbons (Fsp3) is 0.538. The van der Waals surface area contributed by atoms with E-state index < -0.39 is 11.7 Å². The number of alkyl halides is 3. The number of azide groups is 1. The largest absolute Gasteiger partial charge is 0.416 e. The molecule has 21 heavy (non-hydrogen) atoms. The van der Waals surface area contributed by atoms with Gasteiger partial charge in [0.1, 0.15) is 0 Å². The molecule has 0 saturated carbocycles. The van der Waals surface area contributed by atoms with Crippen LogP contribution >= 0.6 is 0 Å². The number of piperazine rings is 1. The highest BCUT2D eigenvalue weighted by Gasteiger charge is 2.31. The molecule has 1 aromatic rings. The van der Waals surface area contributed by atoms with Gasteiger partial charge in [0.2, 0.25) is 0 Å². The fourth-order valence-corrected chi connectivity index (χ4v) is 2.30. The van der Waals surface area contributed by atoms with Crippen LogP contribution in [0.4, 0.5) is 18.9 Å². The summed E-state index contributed by atoms with van der Waals surface area (Å²) in [5, 5.41) is 3.30. The third-order valence-corrected chi connectivity index (χ3v) is 3.47. The van der Waals surface area contributed by atoms with Crippen molar-refractivity contribution in [3.63, 3.8) is 0 Å². The highest BCUT2D eigenvalue weighted by Crippen LogP contribution is 2.33. The molecule has 0 N–H and O–H groups in total. The molecular formula is C13H16F3N5. The summed E-state index contributed by atoms with van der Waals surface area (Å²) in [4.78, 5) is 6.83. The molecule has 1 aliphatic rings. The number of nitrogens with zero attached hydrogens (tertiary/aromatic N) is 5. The van der Waals surface area contributed by atoms with Gasteiger partial charge in [0, 0.05) is 43.3 Å². The van der Waals surface area contributed by atoms with E-state index in [4.69, 9.17) is 5.53 Å². The third kappa shape index (κ3) is 4.35. The first-order valence-corrected chi connectivity index (χ1v) is 6.55. The van der Waals surface area contributed by atoms with E-state index in [-0.39, 0.29) is 5.69 Å². The molecule has 8 heteroatoms. The first kappa shape index (κ1) is 15.6. The molecule has 0 unspecified atom stereocenters. The fourth-order valence-electron chi connectivity index (χ4n) is 2.30. The van der Waals surface area contributed by atoms with Crippen molar-refractivity contribution in [3.05, 3.63) is 39.8 Å². The van der Waals surface area contributed by atoms with Crippen molar-refractivity contribution in [1.29, 1.82) is 0 Å². The Morgan fingerprint density at radius 1 is 1.19 bits per heavy atom. The standard InChI is InChI=1S/C13H16F3N5/c1-20-2-4-21(5-3-20)9-10-6-11(13(14,15)16)8-12(7-10)18-19-17/h6-8H,2-5,9H2,1H3. The maximum atomic E-state index is 12.9. The Kier molecular flexibility index (Phi) is 4.72. The van der Waals surface area contributed by atoms with Gasteiger partial charge in [-0.25, -0.2) is 0 Å². The Balaban J connectivity index is 2.21. The number of hydrogen-bond donors (Lipinski definition) is 0. The minimum Gasteiger partial charge on any atom is -0.304 e. The lowest BCUT2D eigenvalue weighted by atomic mass is 10.1. The summed E-state index contributed by atoms with van der Waals surface area (Å²) in [7, 11) is 2.02. The van der Waals surface area contributed by atoms with E-state index in [0.29, 0.717) is 12.1 Å². The van der Waals surface area contributed by atoms with Crippen molar-refractivity contribution in [2.75, 3.05) is 33.2 Å². The molecule has 1 heterocycles. The zero-order valence-electron chi connectivity index (χ0n) is 11.6. The average Bonchev–Trinajstić information content (AvgIpc) is 2.41. The van der Waals surface area contributed by atoms with Crippen LogP contribution in [0, 0.1) is 0 Å². The number of benzene rings is 1. The summed E-state index contributed by atoms with van der Waals surface area (Å²) in [5.74, 6) is 0. The number of rotatable bonds is 3. The van der Waals surface area contributed by atoms with Crippen LogP contribution < -0.4 is 0 Å². The molecule has 1 saturated heterocycles. The van der Waals surface area contributed by atoms with Gasteiger partial charge >= 0.3 is 6.18 Å². The molecule has 5 nitrogen and oxygen atoms in total. The van der Waals surface area contributed by atoms with Gasteiger partial charge in [-0.05, 0) is 36.3 Å². The van der Waals surface area contributed by atoms with Crippen LogP contribution in [-0.2, 0) is 12.7 Å². The molecule has 0 spiro atoms. The summed E-state index contributed by atoms with van der Waals surface area (Å²) in [6.07, 6.45) is -4.45. The lowest BCUT2D eigenvalue weighted by molar-refractivity contribution is -0.137. The summed E-state index contributed by atoms with van der Waals surface area (Å²) in [6, 6.07) is 3.50. The molecule has 0 radical (unpaired) electrons.